The minimum atomic E-state index is -0.984. The van der Waals surface area contributed by atoms with Gasteiger partial charge in [0.25, 0.3) is 0 Å². The van der Waals surface area contributed by atoms with Crippen LogP contribution < -0.4 is 0 Å². The third-order valence-corrected chi connectivity index (χ3v) is 4.90. The highest BCUT2D eigenvalue weighted by molar-refractivity contribution is 5.84. The molecule has 4 atom stereocenters. The summed E-state index contributed by atoms with van der Waals surface area (Å²) in [5, 5.41) is 9.98. The van der Waals surface area contributed by atoms with Crippen molar-refractivity contribution >= 4 is 11.9 Å². The lowest BCUT2D eigenvalue weighted by molar-refractivity contribution is -0.159. The quantitative estimate of drug-likeness (QED) is 0.654. The van der Waals surface area contributed by atoms with Crippen LogP contribution in [0.1, 0.15) is 29.9 Å². The smallest absolute Gasteiger partial charge is 0.310 e. The van der Waals surface area contributed by atoms with Gasteiger partial charge in [-0.3, -0.25) is 9.59 Å². The van der Waals surface area contributed by atoms with Gasteiger partial charge in [-0.05, 0) is 18.1 Å². The zero-order valence-corrected chi connectivity index (χ0v) is 14.6. The van der Waals surface area contributed by atoms with E-state index in [1.165, 1.54) is 0 Å². The minimum Gasteiger partial charge on any atom is -0.481 e. The highest BCUT2D eigenvalue weighted by atomic mass is 16.5. The zero-order chi connectivity index (χ0) is 18.5. The second-order valence-corrected chi connectivity index (χ2v) is 6.40. The molecule has 2 aromatic carbocycles. The number of benzene rings is 2. The summed E-state index contributed by atoms with van der Waals surface area (Å²) in [4.78, 5) is 24.9. The molecule has 1 aliphatic rings. The summed E-state index contributed by atoms with van der Waals surface area (Å²) < 4.78 is 5.26. The summed E-state index contributed by atoms with van der Waals surface area (Å²) in [6.45, 7) is 1.96. The Kier molecular flexibility index (Phi) is 5.52. The monoisotopic (exact) mass is 350 g/mol. The van der Waals surface area contributed by atoms with Crippen LogP contribution in [0.5, 0.6) is 0 Å². The Labute approximate surface area is 153 Å². The van der Waals surface area contributed by atoms with Crippen LogP contribution in [-0.4, -0.2) is 23.7 Å². The van der Waals surface area contributed by atoms with Gasteiger partial charge in [-0.1, -0.05) is 72.8 Å². The summed E-state index contributed by atoms with van der Waals surface area (Å²) in [7, 11) is 0. The van der Waals surface area contributed by atoms with Crippen molar-refractivity contribution in [3.63, 3.8) is 0 Å². The van der Waals surface area contributed by atoms with Crippen LogP contribution in [0.2, 0.25) is 0 Å². The molecule has 1 N–H and O–H groups in total. The summed E-state index contributed by atoms with van der Waals surface area (Å²) in [6.07, 6.45) is 3.87. The maximum absolute atomic E-state index is 12.8. The first-order chi connectivity index (χ1) is 12.6. The van der Waals surface area contributed by atoms with Crippen LogP contribution in [0, 0.1) is 11.8 Å². The maximum atomic E-state index is 12.8. The van der Waals surface area contributed by atoms with E-state index in [0.717, 1.165) is 11.1 Å². The van der Waals surface area contributed by atoms with Crippen molar-refractivity contribution in [3.8, 4) is 0 Å². The van der Waals surface area contributed by atoms with Gasteiger partial charge in [0.2, 0.25) is 0 Å². The van der Waals surface area contributed by atoms with E-state index < -0.39 is 23.8 Å². The lowest BCUT2D eigenvalue weighted by atomic mass is 9.66. The number of carbonyl (C=O) groups is 2. The van der Waals surface area contributed by atoms with Crippen molar-refractivity contribution in [2.75, 3.05) is 6.61 Å². The fraction of sp³-hybridized carbons (Fsp3) is 0.273. The molecular formula is C22H22O4. The molecule has 26 heavy (non-hydrogen) atoms. The van der Waals surface area contributed by atoms with Crippen LogP contribution in [0.15, 0.2) is 72.8 Å². The van der Waals surface area contributed by atoms with E-state index >= 15 is 0 Å². The molecule has 0 unspecified atom stereocenters. The fourth-order valence-corrected chi connectivity index (χ4v) is 3.75. The molecule has 4 nitrogen and oxygen atoms in total. The normalized spacial score (nSPS) is 24.8. The Morgan fingerprint density at radius 3 is 1.73 bits per heavy atom. The predicted molar refractivity (Wildman–Crippen MR) is 98.8 cm³/mol. The lowest BCUT2D eigenvalue weighted by Crippen LogP contribution is -2.40. The molecule has 3 rings (SSSR count). The van der Waals surface area contributed by atoms with Crippen LogP contribution in [0.25, 0.3) is 0 Å². The number of carbonyl (C=O) groups excluding carboxylic acids is 1. The van der Waals surface area contributed by atoms with Crippen LogP contribution in [0.3, 0.4) is 0 Å². The number of hydrogen-bond acceptors (Lipinski definition) is 3. The zero-order valence-electron chi connectivity index (χ0n) is 14.6. The van der Waals surface area contributed by atoms with E-state index in [-0.39, 0.29) is 18.4 Å². The molecule has 4 heteroatoms. The van der Waals surface area contributed by atoms with Crippen molar-refractivity contribution < 1.29 is 19.4 Å². The number of carboxylic acids is 1. The van der Waals surface area contributed by atoms with Gasteiger partial charge in [0.1, 0.15) is 0 Å². The lowest BCUT2D eigenvalue weighted by Gasteiger charge is -2.36. The summed E-state index contributed by atoms with van der Waals surface area (Å²) in [6, 6.07) is 19.0. The number of allylic oxidation sites excluding steroid dienone is 2. The second kappa shape index (κ2) is 8.00. The Morgan fingerprint density at radius 1 is 0.846 bits per heavy atom. The predicted octanol–water partition coefficient (Wildman–Crippen LogP) is 4.00. The number of ether oxygens (including phenoxy) is 1. The summed E-state index contributed by atoms with van der Waals surface area (Å²) >= 11 is 0. The van der Waals surface area contributed by atoms with Crippen LogP contribution in [0.4, 0.5) is 0 Å². The van der Waals surface area contributed by atoms with Crippen molar-refractivity contribution in [1.82, 2.24) is 0 Å². The highest BCUT2D eigenvalue weighted by Crippen LogP contribution is 2.45. The maximum Gasteiger partial charge on any atom is 0.310 e. The number of hydrogen-bond donors (Lipinski definition) is 1. The van der Waals surface area contributed by atoms with E-state index in [1.807, 2.05) is 72.8 Å². The van der Waals surface area contributed by atoms with E-state index in [0.29, 0.717) is 0 Å². The molecule has 134 valence electrons. The van der Waals surface area contributed by atoms with E-state index in [1.54, 1.807) is 6.92 Å². The molecule has 1 aliphatic carbocycles. The van der Waals surface area contributed by atoms with E-state index in [2.05, 4.69) is 0 Å². The SMILES string of the molecule is CCOC(=O)[C@@H]1[C@@H](C(=O)O)[C@H](c2ccccc2)C=C[C@H]1c1ccccc1. The first-order valence-corrected chi connectivity index (χ1v) is 8.81. The molecule has 0 heterocycles. The molecule has 0 bridgehead atoms. The average molecular weight is 350 g/mol. The molecule has 0 spiro atoms. The Balaban J connectivity index is 2.09. The van der Waals surface area contributed by atoms with Crippen molar-refractivity contribution in [3.05, 3.63) is 83.9 Å². The third-order valence-electron chi connectivity index (χ3n) is 4.90. The average Bonchev–Trinajstić information content (AvgIpc) is 2.68. The highest BCUT2D eigenvalue weighted by Gasteiger charge is 2.46. The third kappa shape index (κ3) is 3.54. The van der Waals surface area contributed by atoms with Gasteiger partial charge in [-0.15, -0.1) is 0 Å². The topological polar surface area (TPSA) is 63.6 Å². The van der Waals surface area contributed by atoms with E-state index in [4.69, 9.17) is 4.74 Å². The van der Waals surface area contributed by atoms with E-state index in [9.17, 15) is 14.7 Å². The van der Waals surface area contributed by atoms with Gasteiger partial charge < -0.3 is 9.84 Å². The van der Waals surface area contributed by atoms with Gasteiger partial charge >= 0.3 is 11.9 Å². The Hall–Kier alpha value is -2.88. The molecule has 0 aliphatic heterocycles. The Bertz CT molecular complexity index is 782. The fourth-order valence-electron chi connectivity index (χ4n) is 3.75. The largest absolute Gasteiger partial charge is 0.481 e. The number of esters is 1. The molecule has 0 aromatic heterocycles. The molecule has 0 amide bonds. The second-order valence-electron chi connectivity index (χ2n) is 6.40. The van der Waals surface area contributed by atoms with Crippen molar-refractivity contribution in [2.24, 2.45) is 11.8 Å². The van der Waals surface area contributed by atoms with Gasteiger partial charge in [0.05, 0.1) is 18.4 Å². The number of carboxylic acid groups (broad SMARTS) is 1. The van der Waals surface area contributed by atoms with Crippen molar-refractivity contribution in [2.45, 2.75) is 18.8 Å². The van der Waals surface area contributed by atoms with Gasteiger partial charge in [-0.25, -0.2) is 0 Å². The van der Waals surface area contributed by atoms with Gasteiger partial charge in [0.15, 0.2) is 0 Å². The molecule has 0 saturated heterocycles. The molecule has 2 aromatic rings. The van der Waals surface area contributed by atoms with Gasteiger partial charge in [0, 0.05) is 11.8 Å². The molecule has 0 fully saturated rings. The molecular weight excluding hydrogens is 328 g/mol. The number of rotatable bonds is 5. The standard InChI is InChI=1S/C22H22O4/c1-2-26-22(25)20-18(16-11-7-4-8-12-16)14-13-17(19(20)21(23)24)15-9-5-3-6-10-15/h3-14,17-20H,2H2,1H3,(H,23,24)/t17-,18-,19-,20-/m0/s1. The summed E-state index contributed by atoms with van der Waals surface area (Å²) in [5.41, 5.74) is 1.80. The summed E-state index contributed by atoms with van der Waals surface area (Å²) in [5.74, 6) is -3.79. The first-order valence-electron chi connectivity index (χ1n) is 8.81. The van der Waals surface area contributed by atoms with Crippen molar-refractivity contribution in [1.29, 1.82) is 0 Å². The minimum absolute atomic E-state index is 0.225. The van der Waals surface area contributed by atoms with Gasteiger partial charge in [-0.2, -0.15) is 0 Å². The van der Waals surface area contributed by atoms with Crippen LogP contribution in [-0.2, 0) is 14.3 Å². The van der Waals surface area contributed by atoms with Crippen LogP contribution >= 0.6 is 0 Å². The molecule has 0 radical (unpaired) electrons. The Morgan fingerprint density at radius 2 is 1.31 bits per heavy atom. The first kappa shape index (κ1) is 17.9. The number of aliphatic carboxylic acids is 1. The molecule has 0 saturated carbocycles.